The van der Waals surface area contributed by atoms with Gasteiger partial charge in [0, 0.05) is 18.4 Å². The van der Waals surface area contributed by atoms with Crippen LogP contribution in [0.3, 0.4) is 0 Å². The summed E-state index contributed by atoms with van der Waals surface area (Å²) in [5, 5.41) is 18.2. The Hall–Kier alpha value is -3.27. The molecule has 4 rings (SSSR count). The molecule has 0 spiro atoms. The fourth-order valence-corrected chi connectivity index (χ4v) is 5.08. The molecule has 0 amide bonds. The molecule has 0 bridgehead atoms. The average molecular weight is 483 g/mol. The number of aliphatic hydroxyl groups is 1. The molecule has 2 aromatic carbocycles. The Morgan fingerprint density at radius 2 is 1.97 bits per heavy atom. The van der Waals surface area contributed by atoms with Crippen LogP contribution in [0.25, 0.3) is 11.1 Å². The summed E-state index contributed by atoms with van der Waals surface area (Å²) >= 11 is -2.33. The van der Waals surface area contributed by atoms with Gasteiger partial charge in [-0.15, -0.1) is 0 Å². The number of fused-ring (bicyclic) bond motifs is 1. The Morgan fingerprint density at radius 1 is 1.15 bits per heavy atom. The monoisotopic (exact) mass is 482 g/mol. The molecule has 0 radical (unpaired) electrons. The average Bonchev–Trinajstić information content (AvgIpc) is 2.83. The highest BCUT2D eigenvalue weighted by molar-refractivity contribution is 7.80. The van der Waals surface area contributed by atoms with Crippen molar-refractivity contribution in [3.63, 3.8) is 0 Å². The van der Waals surface area contributed by atoms with Crippen molar-refractivity contribution in [2.75, 3.05) is 17.5 Å². The summed E-state index contributed by atoms with van der Waals surface area (Å²) < 4.78 is 29.5. The number of aromatic nitrogens is 1. The molecule has 34 heavy (non-hydrogen) atoms. The Balaban J connectivity index is 1.64. The molecule has 8 nitrogen and oxygen atoms in total. The highest BCUT2D eigenvalue weighted by Gasteiger charge is 2.32. The molecular formula is C25H26N2O6S. The maximum atomic E-state index is 12.4. The van der Waals surface area contributed by atoms with E-state index in [9.17, 15) is 18.7 Å². The number of carbonyl (C=O) groups is 1. The van der Waals surface area contributed by atoms with Gasteiger partial charge in [-0.3, -0.25) is 4.55 Å². The molecule has 0 fully saturated rings. The maximum absolute atomic E-state index is 12.4. The van der Waals surface area contributed by atoms with Gasteiger partial charge in [0.2, 0.25) is 0 Å². The van der Waals surface area contributed by atoms with Crippen LogP contribution in [-0.2, 0) is 28.9 Å². The van der Waals surface area contributed by atoms with E-state index in [1.54, 1.807) is 24.4 Å². The van der Waals surface area contributed by atoms with E-state index in [-0.39, 0.29) is 6.61 Å². The molecule has 0 saturated heterocycles. The highest BCUT2D eigenvalue weighted by atomic mass is 32.2. The molecule has 178 valence electrons. The molecule has 3 aromatic rings. The second kappa shape index (κ2) is 10.8. The number of aliphatic hydroxyl groups excluding tert-OH is 1. The van der Waals surface area contributed by atoms with Crippen LogP contribution >= 0.6 is 0 Å². The van der Waals surface area contributed by atoms with Gasteiger partial charge in [0.05, 0.1) is 6.04 Å². The van der Waals surface area contributed by atoms with Gasteiger partial charge in [-0.2, -0.15) is 0 Å². The zero-order valence-corrected chi connectivity index (χ0v) is 19.3. The van der Waals surface area contributed by atoms with Gasteiger partial charge in [0.15, 0.2) is 6.61 Å². The van der Waals surface area contributed by atoms with Crippen molar-refractivity contribution in [3.8, 4) is 16.9 Å². The predicted molar refractivity (Wildman–Crippen MR) is 129 cm³/mol. The number of hydrogen-bond donors (Lipinski definition) is 3. The van der Waals surface area contributed by atoms with Gasteiger partial charge in [0.1, 0.15) is 11.6 Å². The largest absolute Gasteiger partial charge is 0.482 e. The molecule has 1 aromatic heterocycles. The summed E-state index contributed by atoms with van der Waals surface area (Å²) in [5.41, 5.74) is 4.51. The summed E-state index contributed by atoms with van der Waals surface area (Å²) in [6.45, 7) is -0.372. The van der Waals surface area contributed by atoms with E-state index in [0.717, 1.165) is 34.2 Å². The van der Waals surface area contributed by atoms with E-state index in [1.165, 1.54) is 4.31 Å². The Bertz CT molecular complexity index is 1180. The number of carboxylic acid groups (broad SMARTS) is 1. The van der Waals surface area contributed by atoms with Crippen molar-refractivity contribution < 1.29 is 28.5 Å². The van der Waals surface area contributed by atoms with Crippen molar-refractivity contribution in [2.24, 2.45) is 0 Å². The number of pyridine rings is 1. The van der Waals surface area contributed by atoms with Gasteiger partial charge in [-0.25, -0.2) is 18.3 Å². The van der Waals surface area contributed by atoms with E-state index in [4.69, 9.17) is 9.84 Å². The lowest BCUT2D eigenvalue weighted by molar-refractivity contribution is -0.139. The van der Waals surface area contributed by atoms with Gasteiger partial charge in [-0.1, -0.05) is 36.4 Å². The van der Waals surface area contributed by atoms with Gasteiger partial charge >= 0.3 is 5.97 Å². The van der Waals surface area contributed by atoms with Crippen LogP contribution in [-0.4, -0.2) is 43.1 Å². The van der Waals surface area contributed by atoms with E-state index in [2.05, 4.69) is 4.98 Å². The molecule has 2 atom stereocenters. The Morgan fingerprint density at radius 3 is 2.68 bits per heavy atom. The number of carboxylic acids is 1. The molecule has 0 aliphatic heterocycles. The van der Waals surface area contributed by atoms with Crippen molar-refractivity contribution in [3.05, 3.63) is 77.5 Å². The number of ether oxygens (including phenoxy) is 1. The van der Waals surface area contributed by atoms with E-state index < -0.39 is 29.9 Å². The third kappa shape index (κ3) is 5.27. The molecule has 1 aliphatic carbocycles. The summed E-state index contributed by atoms with van der Waals surface area (Å²) in [6.07, 6.45) is 4.34. The standard InChI is InChI=1S/C25H26N2O6S/c28-13-12-17-4-1-5-18(14-17)19-10-11-24(26-15-19)27(34(31)32)22-8-2-7-21-20(22)6-3-9-23(21)33-16-25(29)30/h1,3-6,9-11,14-15,22,28H,2,7-8,12-13,16H2,(H,29,30)(H,31,32). The smallest absolute Gasteiger partial charge is 0.341 e. The predicted octanol–water partition coefficient (Wildman–Crippen LogP) is 3.77. The minimum absolute atomic E-state index is 0.0733. The fourth-order valence-electron chi connectivity index (χ4n) is 4.38. The highest BCUT2D eigenvalue weighted by Crippen LogP contribution is 2.40. The molecule has 1 aliphatic rings. The second-order valence-corrected chi connectivity index (χ2v) is 8.90. The minimum Gasteiger partial charge on any atom is -0.482 e. The Kier molecular flexibility index (Phi) is 7.56. The Labute approximate surface area is 200 Å². The maximum Gasteiger partial charge on any atom is 0.341 e. The molecular weight excluding hydrogens is 456 g/mol. The quantitative estimate of drug-likeness (QED) is 0.397. The van der Waals surface area contributed by atoms with Crippen LogP contribution in [0.2, 0.25) is 0 Å². The minimum atomic E-state index is -2.33. The van der Waals surface area contributed by atoms with Gasteiger partial charge in [0.25, 0.3) is 11.3 Å². The van der Waals surface area contributed by atoms with Crippen LogP contribution in [0.1, 0.15) is 35.6 Å². The third-order valence-corrected chi connectivity index (χ3v) is 6.65. The fraction of sp³-hybridized carbons (Fsp3) is 0.280. The van der Waals surface area contributed by atoms with Crippen LogP contribution in [0, 0.1) is 0 Å². The first-order valence-electron chi connectivity index (χ1n) is 11.0. The topological polar surface area (TPSA) is 120 Å². The lowest BCUT2D eigenvalue weighted by atomic mass is 9.87. The van der Waals surface area contributed by atoms with Crippen LogP contribution in [0.5, 0.6) is 5.75 Å². The number of aliphatic carboxylic acids is 1. The molecule has 9 heteroatoms. The number of nitrogens with zero attached hydrogens (tertiary/aromatic N) is 2. The first kappa shape index (κ1) is 23.9. The van der Waals surface area contributed by atoms with Crippen LogP contribution < -0.4 is 9.04 Å². The number of rotatable bonds is 9. The molecule has 3 N–H and O–H groups in total. The first-order valence-corrected chi connectivity index (χ1v) is 12.1. The SMILES string of the molecule is O=C(O)COc1cccc2c1CCCC2N(c1ccc(-c2cccc(CCO)c2)cn1)S(=O)O. The zero-order chi connectivity index (χ0) is 24.1. The van der Waals surface area contributed by atoms with Gasteiger partial charge < -0.3 is 14.9 Å². The zero-order valence-electron chi connectivity index (χ0n) is 18.5. The van der Waals surface area contributed by atoms with E-state index in [1.807, 2.05) is 36.4 Å². The lowest BCUT2D eigenvalue weighted by Gasteiger charge is -2.34. The first-order chi connectivity index (χ1) is 16.5. The lowest BCUT2D eigenvalue weighted by Crippen LogP contribution is -2.33. The van der Waals surface area contributed by atoms with Gasteiger partial charge in [-0.05, 0) is 66.1 Å². The van der Waals surface area contributed by atoms with E-state index >= 15 is 0 Å². The van der Waals surface area contributed by atoms with Crippen molar-refractivity contribution in [1.29, 1.82) is 0 Å². The number of benzene rings is 2. The number of anilines is 1. The third-order valence-electron chi connectivity index (χ3n) is 5.87. The van der Waals surface area contributed by atoms with Crippen molar-refractivity contribution in [1.82, 2.24) is 4.98 Å². The molecule has 2 unspecified atom stereocenters. The van der Waals surface area contributed by atoms with E-state index in [0.29, 0.717) is 30.8 Å². The molecule has 0 saturated carbocycles. The van der Waals surface area contributed by atoms with Crippen molar-refractivity contribution >= 4 is 23.1 Å². The van der Waals surface area contributed by atoms with Crippen LogP contribution in [0.15, 0.2) is 60.8 Å². The number of hydrogen-bond acceptors (Lipinski definition) is 5. The summed E-state index contributed by atoms with van der Waals surface area (Å²) in [6, 6.07) is 16.4. The normalized spacial score (nSPS) is 15.9. The summed E-state index contributed by atoms with van der Waals surface area (Å²) in [7, 11) is 0. The van der Waals surface area contributed by atoms with Crippen LogP contribution in [0.4, 0.5) is 5.82 Å². The summed E-state index contributed by atoms with van der Waals surface area (Å²) in [5.74, 6) is -0.209. The second-order valence-electron chi connectivity index (χ2n) is 8.05. The molecule has 1 heterocycles. The van der Waals surface area contributed by atoms with Crippen molar-refractivity contribution in [2.45, 2.75) is 31.7 Å². The summed E-state index contributed by atoms with van der Waals surface area (Å²) in [4.78, 5) is 15.4.